The summed E-state index contributed by atoms with van der Waals surface area (Å²) in [6.07, 6.45) is 2.20. The van der Waals surface area contributed by atoms with Crippen molar-refractivity contribution >= 4 is 23.0 Å². The predicted octanol–water partition coefficient (Wildman–Crippen LogP) is 3.83. The molecule has 1 aromatic carbocycles. The van der Waals surface area contributed by atoms with Gasteiger partial charge in [0.1, 0.15) is 17.2 Å². The third kappa shape index (κ3) is 3.11. The van der Waals surface area contributed by atoms with Crippen molar-refractivity contribution in [2.45, 2.75) is 12.5 Å². The van der Waals surface area contributed by atoms with Gasteiger partial charge in [0, 0.05) is 17.4 Å². The van der Waals surface area contributed by atoms with Crippen molar-refractivity contribution in [3.05, 3.63) is 64.7 Å². The Balaban J connectivity index is 1.33. The topological polar surface area (TPSA) is 73.5 Å². The van der Waals surface area contributed by atoms with Crippen LogP contribution in [0.25, 0.3) is 0 Å². The molecular formula is C20H16N2O5S. The summed E-state index contributed by atoms with van der Waals surface area (Å²) < 4.78 is 21.8. The molecule has 0 aliphatic carbocycles. The zero-order valence-electron chi connectivity index (χ0n) is 14.7. The van der Waals surface area contributed by atoms with Gasteiger partial charge in [0.25, 0.3) is 5.91 Å². The first kappa shape index (κ1) is 16.9. The molecule has 0 spiro atoms. The number of amides is 1. The first-order chi connectivity index (χ1) is 13.8. The monoisotopic (exact) mass is 396 g/mol. The predicted molar refractivity (Wildman–Crippen MR) is 102 cm³/mol. The van der Waals surface area contributed by atoms with Crippen molar-refractivity contribution in [1.82, 2.24) is 5.01 Å². The van der Waals surface area contributed by atoms with Crippen molar-refractivity contribution in [2.24, 2.45) is 5.10 Å². The van der Waals surface area contributed by atoms with E-state index in [4.69, 9.17) is 18.6 Å². The van der Waals surface area contributed by atoms with E-state index in [1.54, 1.807) is 35.8 Å². The van der Waals surface area contributed by atoms with E-state index in [1.807, 2.05) is 29.6 Å². The zero-order chi connectivity index (χ0) is 18.9. The standard InChI is InChI=1S/C20H16N2O5S/c23-20(11-25-13-5-6-17-18(9-13)27-12-26-17)22-15(19-4-2-8-28-19)10-14(21-22)16-3-1-7-24-16/h1-9,15H,10-12H2/t15-/m1/s1. The number of carbonyl (C=O) groups excluding carboxylic acids is 1. The van der Waals surface area contributed by atoms with Crippen molar-refractivity contribution in [3.63, 3.8) is 0 Å². The minimum atomic E-state index is -0.224. The first-order valence-electron chi connectivity index (χ1n) is 8.77. The van der Waals surface area contributed by atoms with Gasteiger partial charge in [0.05, 0.1) is 12.3 Å². The molecule has 0 bridgehead atoms. The summed E-state index contributed by atoms with van der Waals surface area (Å²) in [5, 5.41) is 8.02. The maximum Gasteiger partial charge on any atom is 0.281 e. The lowest BCUT2D eigenvalue weighted by molar-refractivity contribution is -0.135. The van der Waals surface area contributed by atoms with Gasteiger partial charge in [-0.1, -0.05) is 6.07 Å². The lowest BCUT2D eigenvalue weighted by Crippen LogP contribution is -2.31. The smallest absolute Gasteiger partial charge is 0.281 e. The Hall–Kier alpha value is -3.26. The molecule has 2 aliphatic heterocycles. The van der Waals surface area contributed by atoms with E-state index in [0.717, 1.165) is 10.6 Å². The molecule has 2 aromatic heterocycles. The van der Waals surface area contributed by atoms with E-state index >= 15 is 0 Å². The summed E-state index contributed by atoms with van der Waals surface area (Å²) in [4.78, 5) is 14.0. The van der Waals surface area contributed by atoms with E-state index in [0.29, 0.717) is 29.4 Å². The molecule has 3 aromatic rings. The van der Waals surface area contributed by atoms with Gasteiger partial charge in [-0.05, 0) is 35.7 Å². The van der Waals surface area contributed by atoms with Crippen LogP contribution >= 0.6 is 11.3 Å². The number of carbonyl (C=O) groups is 1. The number of benzene rings is 1. The summed E-state index contributed by atoms with van der Waals surface area (Å²) in [5.74, 6) is 2.27. The molecule has 0 radical (unpaired) electrons. The minimum Gasteiger partial charge on any atom is -0.484 e. The highest BCUT2D eigenvalue weighted by Crippen LogP contribution is 2.36. The Morgan fingerprint density at radius 1 is 1.21 bits per heavy atom. The number of thiophene rings is 1. The molecule has 0 N–H and O–H groups in total. The molecule has 2 aliphatic rings. The number of nitrogens with zero attached hydrogens (tertiary/aromatic N) is 2. The lowest BCUT2D eigenvalue weighted by Gasteiger charge is -2.20. The molecule has 0 saturated carbocycles. The third-order valence-electron chi connectivity index (χ3n) is 4.55. The second-order valence-corrected chi connectivity index (χ2v) is 7.28. The lowest BCUT2D eigenvalue weighted by atomic mass is 10.1. The van der Waals surface area contributed by atoms with Crippen LogP contribution in [-0.2, 0) is 4.79 Å². The van der Waals surface area contributed by atoms with E-state index in [2.05, 4.69) is 5.10 Å². The maximum absolute atomic E-state index is 12.9. The molecule has 5 rings (SSSR count). The van der Waals surface area contributed by atoms with Crippen LogP contribution in [0.5, 0.6) is 17.2 Å². The molecule has 28 heavy (non-hydrogen) atoms. The van der Waals surface area contributed by atoms with Gasteiger partial charge in [-0.2, -0.15) is 5.10 Å². The Kier molecular flexibility index (Phi) is 4.25. The minimum absolute atomic E-state index is 0.129. The molecule has 1 atom stereocenters. The average Bonchev–Trinajstić information content (AvgIpc) is 3.50. The molecule has 4 heterocycles. The molecule has 0 unspecified atom stereocenters. The molecule has 1 amide bonds. The summed E-state index contributed by atoms with van der Waals surface area (Å²) >= 11 is 1.60. The maximum atomic E-state index is 12.9. The van der Waals surface area contributed by atoms with Crippen LogP contribution in [0, 0.1) is 0 Å². The van der Waals surface area contributed by atoms with Crippen LogP contribution in [0.3, 0.4) is 0 Å². The van der Waals surface area contributed by atoms with Crippen molar-refractivity contribution in [3.8, 4) is 17.2 Å². The number of hydrazone groups is 1. The molecule has 0 saturated heterocycles. The molecular weight excluding hydrogens is 380 g/mol. The Morgan fingerprint density at radius 3 is 2.96 bits per heavy atom. The summed E-state index contributed by atoms with van der Waals surface area (Å²) in [7, 11) is 0. The van der Waals surface area contributed by atoms with Crippen molar-refractivity contribution in [2.75, 3.05) is 13.4 Å². The fourth-order valence-electron chi connectivity index (χ4n) is 3.21. The highest BCUT2D eigenvalue weighted by molar-refractivity contribution is 7.10. The fraction of sp³-hybridized carbons (Fsp3) is 0.200. The Morgan fingerprint density at radius 2 is 2.14 bits per heavy atom. The second-order valence-electron chi connectivity index (χ2n) is 6.30. The van der Waals surface area contributed by atoms with Crippen LogP contribution in [0.2, 0.25) is 0 Å². The normalized spacial score (nSPS) is 17.6. The third-order valence-corrected chi connectivity index (χ3v) is 5.52. The molecule has 7 nitrogen and oxygen atoms in total. The van der Waals surface area contributed by atoms with Crippen molar-refractivity contribution in [1.29, 1.82) is 0 Å². The number of ether oxygens (including phenoxy) is 3. The first-order valence-corrected chi connectivity index (χ1v) is 9.65. The van der Waals surface area contributed by atoms with Gasteiger partial charge in [0.15, 0.2) is 18.1 Å². The van der Waals surface area contributed by atoms with E-state index < -0.39 is 0 Å². The van der Waals surface area contributed by atoms with Gasteiger partial charge < -0.3 is 18.6 Å². The number of hydrogen-bond donors (Lipinski definition) is 0. The highest BCUT2D eigenvalue weighted by atomic mass is 32.1. The average molecular weight is 396 g/mol. The quantitative estimate of drug-likeness (QED) is 0.655. The fourth-order valence-corrected chi connectivity index (χ4v) is 4.02. The highest BCUT2D eigenvalue weighted by Gasteiger charge is 2.34. The number of fused-ring (bicyclic) bond motifs is 1. The van der Waals surface area contributed by atoms with E-state index in [1.165, 1.54) is 5.01 Å². The zero-order valence-corrected chi connectivity index (χ0v) is 15.6. The number of furan rings is 1. The van der Waals surface area contributed by atoms with Gasteiger partial charge in [-0.3, -0.25) is 4.79 Å². The molecule has 0 fully saturated rings. The van der Waals surface area contributed by atoms with Crippen LogP contribution in [0.1, 0.15) is 23.1 Å². The second kappa shape index (κ2) is 7.05. The summed E-state index contributed by atoms with van der Waals surface area (Å²) in [6, 6.07) is 12.7. The SMILES string of the molecule is O=C(COc1ccc2c(c1)OCO2)N1N=C(c2ccco2)C[C@@H]1c1cccs1. The van der Waals surface area contributed by atoms with Crippen molar-refractivity contribution < 1.29 is 23.4 Å². The van der Waals surface area contributed by atoms with E-state index in [-0.39, 0.29) is 25.3 Å². The molecule has 142 valence electrons. The van der Waals surface area contributed by atoms with Crippen LogP contribution in [-0.4, -0.2) is 30.0 Å². The van der Waals surface area contributed by atoms with Crippen LogP contribution in [0.4, 0.5) is 0 Å². The summed E-state index contributed by atoms with van der Waals surface area (Å²) in [6.45, 7) is 0.0642. The Bertz CT molecular complexity index is 1010. The summed E-state index contributed by atoms with van der Waals surface area (Å²) in [5.41, 5.74) is 0.750. The largest absolute Gasteiger partial charge is 0.484 e. The van der Waals surface area contributed by atoms with E-state index in [9.17, 15) is 4.79 Å². The van der Waals surface area contributed by atoms with Crippen LogP contribution < -0.4 is 14.2 Å². The number of hydrogen-bond acceptors (Lipinski definition) is 7. The van der Waals surface area contributed by atoms with Gasteiger partial charge in [-0.15, -0.1) is 11.3 Å². The van der Waals surface area contributed by atoms with Gasteiger partial charge in [0.2, 0.25) is 6.79 Å². The number of rotatable bonds is 5. The van der Waals surface area contributed by atoms with Gasteiger partial charge >= 0.3 is 0 Å². The molecule has 8 heteroatoms. The Labute approximate surface area is 164 Å². The van der Waals surface area contributed by atoms with Crippen LogP contribution in [0.15, 0.2) is 63.6 Å². The van der Waals surface area contributed by atoms with Gasteiger partial charge in [-0.25, -0.2) is 5.01 Å².